The predicted molar refractivity (Wildman–Crippen MR) is 128 cm³/mol. The van der Waals surface area contributed by atoms with Gasteiger partial charge in [0.15, 0.2) is 0 Å². The molecule has 35 heavy (non-hydrogen) atoms. The number of nitrogens with one attached hydrogen (secondary N) is 2. The van der Waals surface area contributed by atoms with Crippen LogP contribution in [0.3, 0.4) is 0 Å². The molecule has 0 spiro atoms. The van der Waals surface area contributed by atoms with Gasteiger partial charge >= 0.3 is 12.1 Å². The summed E-state index contributed by atoms with van der Waals surface area (Å²) in [6.07, 6.45) is 1.59. The van der Waals surface area contributed by atoms with Gasteiger partial charge in [-0.1, -0.05) is 48.5 Å². The van der Waals surface area contributed by atoms with Crippen LogP contribution in [0.25, 0.3) is 11.1 Å². The van der Waals surface area contributed by atoms with Gasteiger partial charge < -0.3 is 20.5 Å². The lowest BCUT2D eigenvalue weighted by molar-refractivity contribution is -0.122. The van der Waals surface area contributed by atoms with Crippen molar-refractivity contribution in [1.82, 2.24) is 15.6 Å². The van der Waals surface area contributed by atoms with Gasteiger partial charge in [0, 0.05) is 24.6 Å². The number of carbonyl (C=O) groups is 3. The standard InChI is InChI=1S/C27H25N3O5/c31-25(29-14-18-11-16(26(32)33)9-10-28-18)23-12-17(23)13-30-27(34)35-15-24-21-7-3-1-5-19(21)20-6-2-4-8-22(20)24/h1-11,17,23-24H,12-15H2,(H,29,31)(H,30,34)(H,32,33)/t17-,23-/m1/s1. The van der Waals surface area contributed by atoms with Gasteiger partial charge in [-0.25, -0.2) is 9.59 Å². The van der Waals surface area contributed by atoms with E-state index >= 15 is 0 Å². The van der Waals surface area contributed by atoms with Crippen molar-refractivity contribution in [2.24, 2.45) is 11.8 Å². The largest absolute Gasteiger partial charge is 0.478 e. The van der Waals surface area contributed by atoms with Gasteiger partial charge in [0.1, 0.15) is 6.61 Å². The van der Waals surface area contributed by atoms with Crippen molar-refractivity contribution in [1.29, 1.82) is 0 Å². The monoisotopic (exact) mass is 471 g/mol. The number of aromatic nitrogens is 1. The normalized spacial score (nSPS) is 17.7. The van der Waals surface area contributed by atoms with Crippen LogP contribution < -0.4 is 10.6 Å². The number of benzene rings is 2. The first-order valence-electron chi connectivity index (χ1n) is 11.6. The van der Waals surface area contributed by atoms with Crippen molar-refractivity contribution in [3.05, 3.63) is 89.2 Å². The van der Waals surface area contributed by atoms with Crippen LogP contribution in [0, 0.1) is 11.8 Å². The summed E-state index contributed by atoms with van der Waals surface area (Å²) in [4.78, 5) is 39.9. The molecule has 0 bridgehead atoms. The summed E-state index contributed by atoms with van der Waals surface area (Å²) in [5, 5.41) is 14.6. The van der Waals surface area contributed by atoms with E-state index in [1.807, 2.05) is 24.3 Å². The number of fused-ring (bicyclic) bond motifs is 3. The van der Waals surface area contributed by atoms with E-state index in [0.29, 0.717) is 18.7 Å². The number of nitrogens with zero attached hydrogens (tertiary/aromatic N) is 1. The molecule has 0 saturated heterocycles. The fourth-order valence-electron chi connectivity index (χ4n) is 4.67. The number of hydrogen-bond acceptors (Lipinski definition) is 5. The van der Waals surface area contributed by atoms with Crippen LogP contribution in [0.15, 0.2) is 66.9 Å². The number of ether oxygens (including phenoxy) is 1. The predicted octanol–water partition coefficient (Wildman–Crippen LogP) is 3.57. The third kappa shape index (κ3) is 4.87. The van der Waals surface area contributed by atoms with Gasteiger partial charge in [-0.2, -0.15) is 0 Å². The first-order valence-corrected chi connectivity index (χ1v) is 11.6. The Morgan fingerprint density at radius 1 is 0.971 bits per heavy atom. The maximum atomic E-state index is 12.4. The molecular weight excluding hydrogens is 446 g/mol. The molecule has 2 aliphatic rings. The fourth-order valence-corrected chi connectivity index (χ4v) is 4.67. The molecule has 2 aromatic carbocycles. The summed E-state index contributed by atoms with van der Waals surface area (Å²) < 4.78 is 5.54. The third-order valence-corrected chi connectivity index (χ3v) is 6.62. The zero-order valence-electron chi connectivity index (χ0n) is 18.9. The number of rotatable bonds is 8. The van der Waals surface area contributed by atoms with Gasteiger partial charge in [-0.3, -0.25) is 9.78 Å². The number of aromatic carboxylic acids is 1. The summed E-state index contributed by atoms with van der Waals surface area (Å²) in [7, 11) is 0. The topological polar surface area (TPSA) is 118 Å². The number of carboxylic acids is 1. The van der Waals surface area contributed by atoms with E-state index in [1.165, 1.54) is 29.5 Å². The Kier molecular flexibility index (Phi) is 6.18. The molecule has 0 radical (unpaired) electrons. The van der Waals surface area contributed by atoms with Crippen molar-refractivity contribution in [3.63, 3.8) is 0 Å². The minimum Gasteiger partial charge on any atom is -0.478 e. The van der Waals surface area contributed by atoms with Crippen molar-refractivity contribution < 1.29 is 24.2 Å². The number of hydrogen-bond donors (Lipinski definition) is 3. The minimum absolute atomic E-state index is 0.000778. The Hall–Kier alpha value is -4.20. The molecule has 1 heterocycles. The first-order chi connectivity index (χ1) is 17.0. The zero-order chi connectivity index (χ0) is 24.4. The van der Waals surface area contributed by atoms with Crippen LogP contribution in [0.5, 0.6) is 0 Å². The molecule has 1 saturated carbocycles. The molecule has 178 valence electrons. The lowest BCUT2D eigenvalue weighted by Gasteiger charge is -2.14. The molecule has 3 N–H and O–H groups in total. The van der Waals surface area contributed by atoms with Crippen LogP contribution in [0.1, 0.15) is 39.5 Å². The molecule has 2 aliphatic carbocycles. The highest BCUT2D eigenvalue weighted by atomic mass is 16.5. The van der Waals surface area contributed by atoms with Gasteiger partial charge in [-0.15, -0.1) is 0 Å². The van der Waals surface area contributed by atoms with Crippen LogP contribution in [-0.4, -0.2) is 41.2 Å². The molecule has 8 nitrogen and oxygen atoms in total. The SMILES string of the molecule is O=C(NC[C@H]1C[C@H]1C(=O)NCc1cc(C(=O)O)ccn1)OCC1c2ccccc2-c2ccccc21. The fraction of sp³-hybridized carbons (Fsp3) is 0.259. The van der Waals surface area contributed by atoms with Crippen molar-refractivity contribution >= 4 is 18.0 Å². The molecule has 1 fully saturated rings. The van der Waals surface area contributed by atoms with Crippen molar-refractivity contribution in [3.8, 4) is 11.1 Å². The smallest absolute Gasteiger partial charge is 0.407 e. The van der Waals surface area contributed by atoms with Gasteiger partial charge in [-0.05, 0) is 46.7 Å². The summed E-state index contributed by atoms with van der Waals surface area (Å²) >= 11 is 0. The molecule has 1 aromatic heterocycles. The number of carboxylic acid groups (broad SMARTS) is 1. The molecule has 2 atom stereocenters. The van der Waals surface area contributed by atoms with E-state index < -0.39 is 12.1 Å². The lowest BCUT2D eigenvalue weighted by atomic mass is 9.98. The third-order valence-electron chi connectivity index (χ3n) is 6.62. The molecular formula is C27H25N3O5. The minimum atomic E-state index is -1.04. The van der Waals surface area contributed by atoms with E-state index in [-0.39, 0.29) is 42.4 Å². The highest BCUT2D eigenvalue weighted by Gasteiger charge is 2.43. The second-order valence-electron chi connectivity index (χ2n) is 8.87. The average molecular weight is 472 g/mol. The summed E-state index contributed by atoms with van der Waals surface area (Å²) in [6.45, 7) is 0.765. The van der Waals surface area contributed by atoms with Gasteiger partial charge in [0.05, 0.1) is 17.8 Å². The maximum absolute atomic E-state index is 12.4. The summed E-state index contributed by atoms with van der Waals surface area (Å²) in [5.41, 5.74) is 5.27. The van der Waals surface area contributed by atoms with Crippen LogP contribution >= 0.6 is 0 Å². The summed E-state index contributed by atoms with van der Waals surface area (Å²) in [5.74, 6) is -1.31. The van der Waals surface area contributed by atoms with Crippen LogP contribution in [0.4, 0.5) is 4.79 Å². The van der Waals surface area contributed by atoms with Crippen LogP contribution in [0.2, 0.25) is 0 Å². The van der Waals surface area contributed by atoms with E-state index in [4.69, 9.17) is 9.84 Å². The maximum Gasteiger partial charge on any atom is 0.407 e. The Balaban J connectivity index is 1.07. The number of carbonyl (C=O) groups excluding carboxylic acids is 2. The highest BCUT2D eigenvalue weighted by molar-refractivity contribution is 5.87. The molecule has 3 aromatic rings. The van der Waals surface area contributed by atoms with Gasteiger partial charge in [0.2, 0.25) is 5.91 Å². The quantitative estimate of drug-likeness (QED) is 0.462. The zero-order valence-corrected chi connectivity index (χ0v) is 18.9. The number of pyridine rings is 1. The second-order valence-corrected chi connectivity index (χ2v) is 8.87. The van der Waals surface area contributed by atoms with E-state index in [2.05, 4.69) is 39.9 Å². The molecule has 2 amide bonds. The summed E-state index contributed by atoms with van der Waals surface area (Å²) in [6, 6.07) is 19.2. The second kappa shape index (κ2) is 9.58. The van der Waals surface area contributed by atoms with Crippen molar-refractivity contribution in [2.75, 3.05) is 13.2 Å². The Bertz CT molecular complexity index is 1250. The number of alkyl carbamates (subject to hydrolysis) is 1. The Morgan fingerprint density at radius 3 is 2.34 bits per heavy atom. The van der Waals surface area contributed by atoms with Gasteiger partial charge in [0.25, 0.3) is 0 Å². The first kappa shape index (κ1) is 22.6. The molecule has 0 unspecified atom stereocenters. The molecule has 0 aliphatic heterocycles. The van der Waals surface area contributed by atoms with Crippen molar-refractivity contribution in [2.45, 2.75) is 18.9 Å². The lowest BCUT2D eigenvalue weighted by Crippen LogP contribution is -2.30. The highest BCUT2D eigenvalue weighted by Crippen LogP contribution is 2.44. The average Bonchev–Trinajstić information content (AvgIpc) is 3.60. The molecule has 5 rings (SSSR count). The van der Waals surface area contributed by atoms with E-state index in [1.54, 1.807) is 0 Å². The van der Waals surface area contributed by atoms with Crippen LogP contribution in [-0.2, 0) is 16.1 Å². The number of amides is 2. The Labute approximate surface area is 202 Å². The molecule has 8 heteroatoms. The van der Waals surface area contributed by atoms with E-state index in [0.717, 1.165) is 11.1 Å². The Morgan fingerprint density at radius 2 is 1.66 bits per heavy atom. The van der Waals surface area contributed by atoms with E-state index in [9.17, 15) is 14.4 Å².